The molecular weight excluding hydrogens is 204 g/mol. The first-order valence-electron chi connectivity index (χ1n) is 5.59. The number of furan rings is 1. The summed E-state index contributed by atoms with van der Waals surface area (Å²) in [7, 11) is 0. The Labute approximate surface area is 96.2 Å². The number of carbonyl (C=O) groups excluding carboxylic acids is 1. The van der Waals surface area contributed by atoms with E-state index < -0.39 is 6.04 Å². The molecule has 1 unspecified atom stereocenters. The van der Waals surface area contributed by atoms with Crippen molar-refractivity contribution in [2.45, 2.75) is 39.3 Å². The molecule has 2 atom stereocenters. The minimum Gasteiger partial charge on any atom is -0.469 e. The van der Waals surface area contributed by atoms with Gasteiger partial charge in [-0.15, -0.1) is 0 Å². The van der Waals surface area contributed by atoms with Gasteiger partial charge in [-0.1, -0.05) is 13.8 Å². The molecule has 1 amide bonds. The normalized spacial score (nSPS) is 14.8. The zero-order chi connectivity index (χ0) is 12.1. The Bertz CT molecular complexity index is 320. The Hall–Kier alpha value is -1.29. The van der Waals surface area contributed by atoms with Gasteiger partial charge in [-0.05, 0) is 25.0 Å². The molecule has 0 bridgehead atoms. The maximum Gasteiger partial charge on any atom is 0.237 e. The highest BCUT2D eigenvalue weighted by atomic mass is 16.3. The molecule has 16 heavy (non-hydrogen) atoms. The van der Waals surface area contributed by atoms with Gasteiger partial charge in [0.2, 0.25) is 5.91 Å². The molecule has 1 aromatic rings. The van der Waals surface area contributed by atoms with Crippen molar-refractivity contribution in [2.75, 3.05) is 0 Å². The molecule has 0 aromatic carbocycles. The second kappa shape index (κ2) is 5.70. The van der Waals surface area contributed by atoms with Crippen LogP contribution >= 0.6 is 0 Å². The minimum absolute atomic E-state index is 0.0310. The first kappa shape index (κ1) is 12.8. The number of nitrogens with two attached hydrogens (primary N) is 1. The van der Waals surface area contributed by atoms with Crippen molar-refractivity contribution < 1.29 is 9.21 Å². The third-order valence-corrected chi connectivity index (χ3v) is 2.50. The van der Waals surface area contributed by atoms with Gasteiger partial charge in [-0.3, -0.25) is 4.79 Å². The molecule has 3 N–H and O–H groups in total. The Morgan fingerprint density at radius 1 is 1.50 bits per heavy atom. The zero-order valence-corrected chi connectivity index (χ0v) is 10.1. The molecule has 0 spiro atoms. The van der Waals surface area contributed by atoms with Crippen molar-refractivity contribution in [3.8, 4) is 0 Å². The second-order valence-electron chi connectivity index (χ2n) is 4.46. The SMILES string of the molecule is CC(Cc1ccco1)NC(=O)[C@H](N)C(C)C. The number of nitrogens with one attached hydrogen (secondary N) is 1. The lowest BCUT2D eigenvalue weighted by Gasteiger charge is -2.19. The van der Waals surface area contributed by atoms with E-state index in [-0.39, 0.29) is 17.9 Å². The van der Waals surface area contributed by atoms with Crippen LogP contribution in [0.4, 0.5) is 0 Å². The second-order valence-corrected chi connectivity index (χ2v) is 4.46. The van der Waals surface area contributed by atoms with Gasteiger partial charge in [0.25, 0.3) is 0 Å². The topological polar surface area (TPSA) is 68.3 Å². The summed E-state index contributed by atoms with van der Waals surface area (Å²) in [6, 6.07) is 3.32. The lowest BCUT2D eigenvalue weighted by Crippen LogP contribution is -2.47. The number of hydrogen-bond acceptors (Lipinski definition) is 3. The summed E-state index contributed by atoms with van der Waals surface area (Å²) in [5, 5.41) is 2.88. The van der Waals surface area contributed by atoms with Crippen molar-refractivity contribution in [1.29, 1.82) is 0 Å². The van der Waals surface area contributed by atoms with Gasteiger partial charge in [0.05, 0.1) is 12.3 Å². The largest absolute Gasteiger partial charge is 0.469 e. The predicted molar refractivity (Wildman–Crippen MR) is 62.8 cm³/mol. The summed E-state index contributed by atoms with van der Waals surface area (Å²) < 4.78 is 5.21. The highest BCUT2D eigenvalue weighted by Crippen LogP contribution is 2.05. The maximum atomic E-state index is 11.7. The maximum absolute atomic E-state index is 11.7. The Balaban J connectivity index is 2.39. The smallest absolute Gasteiger partial charge is 0.237 e. The van der Waals surface area contributed by atoms with E-state index in [1.165, 1.54) is 0 Å². The number of hydrogen-bond donors (Lipinski definition) is 2. The molecule has 1 rings (SSSR count). The van der Waals surface area contributed by atoms with Gasteiger partial charge in [0.15, 0.2) is 0 Å². The van der Waals surface area contributed by atoms with Crippen molar-refractivity contribution in [3.63, 3.8) is 0 Å². The van der Waals surface area contributed by atoms with E-state index in [0.717, 1.165) is 5.76 Å². The summed E-state index contributed by atoms with van der Waals surface area (Å²) in [6.07, 6.45) is 2.31. The average molecular weight is 224 g/mol. The molecule has 0 aliphatic rings. The molecule has 0 fully saturated rings. The molecule has 4 heteroatoms. The summed E-state index contributed by atoms with van der Waals surface area (Å²) in [5.74, 6) is 0.913. The van der Waals surface area contributed by atoms with Crippen LogP contribution in [-0.2, 0) is 11.2 Å². The van der Waals surface area contributed by atoms with Crippen molar-refractivity contribution in [3.05, 3.63) is 24.2 Å². The van der Waals surface area contributed by atoms with E-state index in [2.05, 4.69) is 5.32 Å². The van der Waals surface area contributed by atoms with E-state index in [9.17, 15) is 4.79 Å². The standard InChI is InChI=1S/C12H20N2O2/c1-8(2)11(13)12(15)14-9(3)7-10-5-4-6-16-10/h4-6,8-9,11H,7,13H2,1-3H3,(H,14,15)/t9?,11-/m1/s1. The third-order valence-electron chi connectivity index (χ3n) is 2.50. The van der Waals surface area contributed by atoms with E-state index in [4.69, 9.17) is 10.2 Å². The van der Waals surface area contributed by atoms with Crippen LogP contribution in [0.3, 0.4) is 0 Å². The van der Waals surface area contributed by atoms with E-state index in [1.54, 1.807) is 6.26 Å². The van der Waals surface area contributed by atoms with Gasteiger partial charge in [-0.2, -0.15) is 0 Å². The Morgan fingerprint density at radius 3 is 2.69 bits per heavy atom. The van der Waals surface area contributed by atoms with Crippen LogP contribution in [0.2, 0.25) is 0 Å². The van der Waals surface area contributed by atoms with Crippen LogP contribution in [0.1, 0.15) is 26.5 Å². The van der Waals surface area contributed by atoms with Gasteiger partial charge in [0, 0.05) is 12.5 Å². The minimum atomic E-state index is -0.445. The fraction of sp³-hybridized carbons (Fsp3) is 0.583. The fourth-order valence-electron chi connectivity index (χ4n) is 1.42. The molecular formula is C12H20N2O2. The summed E-state index contributed by atoms with van der Waals surface area (Å²) in [5.41, 5.74) is 5.75. The van der Waals surface area contributed by atoms with Crippen LogP contribution in [0.15, 0.2) is 22.8 Å². The van der Waals surface area contributed by atoms with E-state index in [1.807, 2.05) is 32.9 Å². The molecule has 1 aromatic heterocycles. The Kier molecular flexibility index (Phi) is 4.55. The van der Waals surface area contributed by atoms with Gasteiger partial charge >= 0.3 is 0 Å². The molecule has 0 saturated carbocycles. The van der Waals surface area contributed by atoms with Crippen LogP contribution in [-0.4, -0.2) is 18.0 Å². The fourth-order valence-corrected chi connectivity index (χ4v) is 1.42. The third kappa shape index (κ3) is 3.70. The lowest BCUT2D eigenvalue weighted by molar-refractivity contribution is -0.123. The zero-order valence-electron chi connectivity index (χ0n) is 10.1. The van der Waals surface area contributed by atoms with Gasteiger partial charge < -0.3 is 15.5 Å². The van der Waals surface area contributed by atoms with E-state index in [0.29, 0.717) is 6.42 Å². The van der Waals surface area contributed by atoms with Crippen LogP contribution in [0.5, 0.6) is 0 Å². The first-order chi connectivity index (χ1) is 7.50. The van der Waals surface area contributed by atoms with Crippen molar-refractivity contribution in [2.24, 2.45) is 11.7 Å². The van der Waals surface area contributed by atoms with Crippen LogP contribution in [0, 0.1) is 5.92 Å². The molecule has 4 nitrogen and oxygen atoms in total. The van der Waals surface area contributed by atoms with Gasteiger partial charge in [-0.25, -0.2) is 0 Å². The number of amides is 1. The molecule has 0 aliphatic carbocycles. The number of carbonyl (C=O) groups is 1. The summed E-state index contributed by atoms with van der Waals surface area (Å²) in [6.45, 7) is 5.80. The molecule has 0 saturated heterocycles. The van der Waals surface area contributed by atoms with Crippen molar-refractivity contribution in [1.82, 2.24) is 5.32 Å². The highest BCUT2D eigenvalue weighted by molar-refractivity contribution is 5.81. The number of rotatable bonds is 5. The summed E-state index contributed by atoms with van der Waals surface area (Å²) in [4.78, 5) is 11.7. The molecule has 0 aliphatic heterocycles. The van der Waals surface area contributed by atoms with Crippen LogP contribution in [0.25, 0.3) is 0 Å². The predicted octanol–water partition coefficient (Wildman–Crippen LogP) is 1.31. The Morgan fingerprint density at radius 2 is 2.19 bits per heavy atom. The molecule has 90 valence electrons. The van der Waals surface area contributed by atoms with Crippen molar-refractivity contribution >= 4 is 5.91 Å². The quantitative estimate of drug-likeness (QED) is 0.792. The molecule has 0 radical (unpaired) electrons. The highest BCUT2D eigenvalue weighted by Gasteiger charge is 2.19. The van der Waals surface area contributed by atoms with Crippen LogP contribution < -0.4 is 11.1 Å². The van der Waals surface area contributed by atoms with E-state index >= 15 is 0 Å². The lowest BCUT2D eigenvalue weighted by atomic mass is 10.0. The average Bonchev–Trinajstić information content (AvgIpc) is 2.68. The monoisotopic (exact) mass is 224 g/mol. The summed E-state index contributed by atoms with van der Waals surface area (Å²) >= 11 is 0. The van der Waals surface area contributed by atoms with Gasteiger partial charge in [0.1, 0.15) is 5.76 Å². The molecule has 1 heterocycles. The first-order valence-corrected chi connectivity index (χ1v) is 5.59.